The summed E-state index contributed by atoms with van der Waals surface area (Å²) >= 11 is 0. The van der Waals surface area contributed by atoms with E-state index in [9.17, 15) is 4.79 Å². The molecule has 0 aliphatic carbocycles. The molecular formula is C14H16N2O3. The van der Waals surface area contributed by atoms with Crippen molar-refractivity contribution >= 4 is 5.91 Å². The molecule has 5 heteroatoms. The Kier molecular flexibility index (Phi) is 3.91. The SMILES string of the molecule is CC(C)[C@H](C#N)NC(=O)c1ccc2c(c1)OCCO2. The second-order valence-electron chi connectivity index (χ2n) is 4.68. The van der Waals surface area contributed by atoms with Crippen LogP contribution in [0.5, 0.6) is 11.5 Å². The molecule has 1 aromatic carbocycles. The van der Waals surface area contributed by atoms with Gasteiger partial charge < -0.3 is 14.8 Å². The monoisotopic (exact) mass is 260 g/mol. The maximum absolute atomic E-state index is 12.0. The molecule has 2 rings (SSSR count). The van der Waals surface area contributed by atoms with Gasteiger partial charge in [0, 0.05) is 5.56 Å². The molecule has 1 atom stereocenters. The zero-order valence-electron chi connectivity index (χ0n) is 11.0. The molecule has 0 bridgehead atoms. The van der Waals surface area contributed by atoms with Crippen molar-refractivity contribution in [2.45, 2.75) is 19.9 Å². The number of carbonyl (C=O) groups is 1. The Morgan fingerprint density at radius 2 is 2.00 bits per heavy atom. The van der Waals surface area contributed by atoms with Crippen LogP contribution in [0.2, 0.25) is 0 Å². The van der Waals surface area contributed by atoms with Crippen LogP contribution >= 0.6 is 0 Å². The first-order valence-corrected chi connectivity index (χ1v) is 6.22. The number of hydrogen-bond acceptors (Lipinski definition) is 4. The van der Waals surface area contributed by atoms with E-state index in [4.69, 9.17) is 14.7 Å². The van der Waals surface area contributed by atoms with E-state index in [-0.39, 0.29) is 11.8 Å². The minimum Gasteiger partial charge on any atom is -0.486 e. The lowest BCUT2D eigenvalue weighted by atomic mass is 10.1. The van der Waals surface area contributed by atoms with Crippen molar-refractivity contribution in [3.63, 3.8) is 0 Å². The average Bonchev–Trinajstić information content (AvgIpc) is 2.43. The standard InChI is InChI=1S/C14H16N2O3/c1-9(2)11(8-15)16-14(17)10-3-4-12-13(7-10)19-6-5-18-12/h3-4,7,9,11H,5-6H2,1-2H3,(H,16,17)/t11-/m0/s1. The zero-order chi connectivity index (χ0) is 13.8. The predicted molar refractivity (Wildman–Crippen MR) is 69.1 cm³/mol. The van der Waals surface area contributed by atoms with Crippen LogP contribution in [0.15, 0.2) is 18.2 Å². The number of fused-ring (bicyclic) bond motifs is 1. The maximum Gasteiger partial charge on any atom is 0.252 e. The quantitative estimate of drug-likeness (QED) is 0.898. The van der Waals surface area contributed by atoms with Gasteiger partial charge in [-0.25, -0.2) is 0 Å². The number of nitrogens with one attached hydrogen (secondary N) is 1. The highest BCUT2D eigenvalue weighted by atomic mass is 16.6. The first kappa shape index (κ1) is 13.2. The van der Waals surface area contributed by atoms with Crippen LogP contribution in [0.25, 0.3) is 0 Å². The Balaban J connectivity index is 2.14. The average molecular weight is 260 g/mol. The number of benzene rings is 1. The van der Waals surface area contributed by atoms with Crippen LogP contribution in [0.4, 0.5) is 0 Å². The third-order valence-corrected chi connectivity index (χ3v) is 2.90. The molecule has 1 aliphatic heterocycles. The van der Waals surface area contributed by atoms with Gasteiger partial charge in [-0.3, -0.25) is 4.79 Å². The molecule has 0 spiro atoms. The molecule has 1 N–H and O–H groups in total. The lowest BCUT2D eigenvalue weighted by molar-refractivity contribution is 0.0936. The molecule has 0 radical (unpaired) electrons. The minimum absolute atomic E-state index is 0.0613. The van der Waals surface area contributed by atoms with E-state index in [0.29, 0.717) is 30.3 Å². The van der Waals surface area contributed by atoms with E-state index in [2.05, 4.69) is 11.4 Å². The van der Waals surface area contributed by atoms with Crippen molar-refractivity contribution in [2.75, 3.05) is 13.2 Å². The Hall–Kier alpha value is -2.22. The number of hydrogen-bond donors (Lipinski definition) is 1. The molecule has 1 aliphatic rings. The van der Waals surface area contributed by atoms with Crippen LogP contribution in [0, 0.1) is 17.2 Å². The normalized spacial score (nSPS) is 14.6. The summed E-state index contributed by atoms with van der Waals surface area (Å²) in [4.78, 5) is 12.0. The van der Waals surface area contributed by atoms with E-state index in [1.54, 1.807) is 18.2 Å². The summed E-state index contributed by atoms with van der Waals surface area (Å²) in [5.74, 6) is 0.990. The second-order valence-corrected chi connectivity index (χ2v) is 4.68. The van der Waals surface area contributed by atoms with E-state index in [1.807, 2.05) is 13.8 Å². The van der Waals surface area contributed by atoms with E-state index in [0.717, 1.165) is 0 Å². The Bertz CT molecular complexity index is 520. The number of ether oxygens (including phenoxy) is 2. The zero-order valence-corrected chi connectivity index (χ0v) is 11.0. The fraction of sp³-hybridized carbons (Fsp3) is 0.429. The molecule has 1 heterocycles. The summed E-state index contributed by atoms with van der Waals surface area (Å²) in [5, 5.41) is 11.7. The van der Waals surface area contributed by atoms with Gasteiger partial charge in [0.15, 0.2) is 11.5 Å². The second kappa shape index (κ2) is 5.61. The number of rotatable bonds is 3. The van der Waals surface area contributed by atoms with Gasteiger partial charge >= 0.3 is 0 Å². The number of amides is 1. The third-order valence-electron chi connectivity index (χ3n) is 2.90. The highest BCUT2D eigenvalue weighted by Crippen LogP contribution is 2.30. The van der Waals surface area contributed by atoms with Gasteiger partial charge in [0.1, 0.15) is 19.3 Å². The van der Waals surface area contributed by atoms with Gasteiger partial charge in [-0.2, -0.15) is 5.26 Å². The lowest BCUT2D eigenvalue weighted by Crippen LogP contribution is -2.37. The molecule has 0 saturated heterocycles. The Labute approximate surface area is 112 Å². The molecule has 100 valence electrons. The number of nitrogens with zero attached hydrogens (tertiary/aromatic N) is 1. The summed E-state index contributed by atoms with van der Waals surface area (Å²) in [5.41, 5.74) is 0.463. The maximum atomic E-state index is 12.0. The minimum atomic E-state index is -0.499. The topological polar surface area (TPSA) is 71.4 Å². The summed E-state index contributed by atoms with van der Waals surface area (Å²) in [6.45, 7) is 4.77. The van der Waals surface area contributed by atoms with Crippen LogP contribution in [-0.2, 0) is 0 Å². The van der Waals surface area contributed by atoms with Crippen molar-refractivity contribution in [1.29, 1.82) is 5.26 Å². The van der Waals surface area contributed by atoms with Crippen molar-refractivity contribution in [2.24, 2.45) is 5.92 Å². The van der Waals surface area contributed by atoms with Gasteiger partial charge in [0.25, 0.3) is 5.91 Å². The molecule has 0 aromatic heterocycles. The van der Waals surface area contributed by atoms with Crippen LogP contribution in [0.3, 0.4) is 0 Å². The van der Waals surface area contributed by atoms with E-state index >= 15 is 0 Å². The van der Waals surface area contributed by atoms with Gasteiger partial charge in [0.2, 0.25) is 0 Å². The fourth-order valence-electron chi connectivity index (χ4n) is 1.76. The summed E-state index contributed by atoms with van der Waals surface area (Å²) in [6.07, 6.45) is 0. The molecule has 0 saturated carbocycles. The van der Waals surface area contributed by atoms with Crippen molar-refractivity contribution < 1.29 is 14.3 Å². The first-order valence-electron chi connectivity index (χ1n) is 6.22. The predicted octanol–water partition coefficient (Wildman–Crippen LogP) is 1.74. The van der Waals surface area contributed by atoms with Crippen LogP contribution in [0.1, 0.15) is 24.2 Å². The molecule has 19 heavy (non-hydrogen) atoms. The van der Waals surface area contributed by atoms with E-state index < -0.39 is 6.04 Å². The summed E-state index contributed by atoms with van der Waals surface area (Å²) in [7, 11) is 0. The molecule has 1 amide bonds. The molecular weight excluding hydrogens is 244 g/mol. The van der Waals surface area contributed by atoms with Gasteiger partial charge in [0.05, 0.1) is 6.07 Å². The van der Waals surface area contributed by atoms with Gasteiger partial charge in [-0.05, 0) is 24.1 Å². The van der Waals surface area contributed by atoms with Crippen molar-refractivity contribution in [3.05, 3.63) is 23.8 Å². The Morgan fingerprint density at radius 3 is 2.63 bits per heavy atom. The number of nitriles is 1. The highest BCUT2D eigenvalue weighted by Gasteiger charge is 2.19. The smallest absolute Gasteiger partial charge is 0.252 e. The summed E-state index contributed by atoms with van der Waals surface area (Å²) < 4.78 is 10.8. The van der Waals surface area contributed by atoms with Gasteiger partial charge in [-0.15, -0.1) is 0 Å². The van der Waals surface area contributed by atoms with Crippen LogP contribution in [-0.4, -0.2) is 25.2 Å². The number of carbonyl (C=O) groups excluding carboxylic acids is 1. The largest absolute Gasteiger partial charge is 0.486 e. The van der Waals surface area contributed by atoms with Gasteiger partial charge in [-0.1, -0.05) is 13.8 Å². The van der Waals surface area contributed by atoms with Crippen LogP contribution < -0.4 is 14.8 Å². The molecule has 5 nitrogen and oxygen atoms in total. The molecule has 1 aromatic rings. The third kappa shape index (κ3) is 2.97. The van der Waals surface area contributed by atoms with E-state index in [1.165, 1.54) is 0 Å². The highest BCUT2D eigenvalue weighted by molar-refractivity contribution is 5.95. The fourth-order valence-corrected chi connectivity index (χ4v) is 1.76. The molecule has 0 fully saturated rings. The lowest BCUT2D eigenvalue weighted by Gasteiger charge is -2.19. The first-order chi connectivity index (χ1) is 9.11. The Morgan fingerprint density at radius 1 is 1.32 bits per heavy atom. The summed E-state index contributed by atoms with van der Waals surface area (Å²) in [6, 6.07) is 6.59. The van der Waals surface area contributed by atoms with Crippen molar-refractivity contribution in [1.82, 2.24) is 5.32 Å². The molecule has 0 unspecified atom stereocenters. The van der Waals surface area contributed by atoms with Crippen molar-refractivity contribution in [3.8, 4) is 17.6 Å².